The Labute approximate surface area is 168 Å². The fraction of sp³-hybridized carbons (Fsp3) is 0.238. The number of hydrogen-bond acceptors (Lipinski definition) is 3. The number of nitrogens with one attached hydrogen (secondary N) is 1. The van der Waals surface area contributed by atoms with E-state index >= 15 is 0 Å². The van der Waals surface area contributed by atoms with Crippen LogP contribution >= 0.6 is 23.4 Å². The number of halogens is 1. The summed E-state index contributed by atoms with van der Waals surface area (Å²) in [5.41, 5.74) is 1.65. The molecule has 2 amide bonds. The van der Waals surface area contributed by atoms with Crippen molar-refractivity contribution < 1.29 is 9.59 Å². The van der Waals surface area contributed by atoms with Crippen LogP contribution in [0.4, 0.5) is 5.69 Å². The van der Waals surface area contributed by atoms with Crippen LogP contribution in [0.3, 0.4) is 0 Å². The Hall–Kier alpha value is -2.24. The summed E-state index contributed by atoms with van der Waals surface area (Å²) in [5.74, 6) is -0.335. The first-order chi connectivity index (χ1) is 13.0. The lowest BCUT2D eigenvalue weighted by molar-refractivity contribution is -0.122. The summed E-state index contributed by atoms with van der Waals surface area (Å²) in [5, 5.41) is 3.57. The van der Waals surface area contributed by atoms with Gasteiger partial charge in [-0.1, -0.05) is 54.6 Å². The predicted molar refractivity (Wildman–Crippen MR) is 112 cm³/mol. The van der Waals surface area contributed by atoms with Gasteiger partial charge in [-0.3, -0.25) is 14.5 Å². The third kappa shape index (κ3) is 4.73. The topological polar surface area (TPSA) is 49.4 Å². The Bertz CT molecular complexity index is 880. The molecule has 1 aliphatic heterocycles. The Morgan fingerprint density at radius 3 is 2.63 bits per heavy atom. The van der Waals surface area contributed by atoms with Crippen LogP contribution in [0.25, 0.3) is 6.08 Å². The number of anilines is 1. The highest BCUT2D eigenvalue weighted by atomic mass is 35.5. The minimum atomic E-state index is -0.173. The molecule has 0 spiro atoms. The van der Waals surface area contributed by atoms with Gasteiger partial charge >= 0.3 is 0 Å². The van der Waals surface area contributed by atoms with Crippen molar-refractivity contribution in [2.75, 3.05) is 11.4 Å². The third-order valence-corrected chi connectivity index (χ3v) is 5.65. The molecular weight excluding hydrogens is 380 g/mol. The monoisotopic (exact) mass is 400 g/mol. The van der Waals surface area contributed by atoms with E-state index in [4.69, 9.17) is 11.6 Å². The summed E-state index contributed by atoms with van der Waals surface area (Å²) in [7, 11) is 0. The highest BCUT2D eigenvalue weighted by Gasteiger charge is 2.30. The fourth-order valence-electron chi connectivity index (χ4n) is 2.70. The van der Waals surface area contributed by atoms with Gasteiger partial charge in [-0.05, 0) is 49.2 Å². The van der Waals surface area contributed by atoms with Crippen molar-refractivity contribution in [3.05, 3.63) is 64.0 Å². The van der Waals surface area contributed by atoms with E-state index in [9.17, 15) is 9.59 Å². The van der Waals surface area contributed by atoms with Crippen molar-refractivity contribution in [1.29, 1.82) is 0 Å². The Balaban J connectivity index is 1.90. The number of benzene rings is 2. The van der Waals surface area contributed by atoms with Gasteiger partial charge in [0.05, 0.1) is 10.6 Å². The van der Waals surface area contributed by atoms with Crippen LogP contribution in [0.15, 0.2) is 58.3 Å². The van der Waals surface area contributed by atoms with Crippen LogP contribution in [0.5, 0.6) is 0 Å². The van der Waals surface area contributed by atoms with E-state index in [1.54, 1.807) is 17.0 Å². The second-order valence-electron chi connectivity index (χ2n) is 6.40. The number of hydrogen-bond donors (Lipinski definition) is 1. The molecule has 27 heavy (non-hydrogen) atoms. The SMILES string of the molecule is CCC(C)NC(=O)CN1C(=O)C(=Cc2ccc(Cl)cc2)Sc2ccccc21. The zero-order chi connectivity index (χ0) is 19.4. The third-order valence-electron chi connectivity index (χ3n) is 4.32. The van der Waals surface area contributed by atoms with Crippen molar-refractivity contribution in [1.82, 2.24) is 5.32 Å². The lowest BCUT2D eigenvalue weighted by atomic mass is 10.2. The number of carbonyl (C=O) groups excluding carboxylic acids is 2. The predicted octanol–water partition coefficient (Wildman–Crippen LogP) is 4.73. The molecule has 1 N–H and O–H groups in total. The van der Waals surface area contributed by atoms with E-state index in [1.165, 1.54) is 11.8 Å². The first kappa shape index (κ1) is 19.5. The maximum absolute atomic E-state index is 13.1. The Morgan fingerprint density at radius 2 is 1.93 bits per heavy atom. The van der Waals surface area contributed by atoms with Gasteiger partial charge in [0.2, 0.25) is 5.91 Å². The second-order valence-corrected chi connectivity index (χ2v) is 7.92. The zero-order valence-corrected chi connectivity index (χ0v) is 16.8. The van der Waals surface area contributed by atoms with Gasteiger partial charge in [-0.15, -0.1) is 0 Å². The van der Waals surface area contributed by atoms with Crippen molar-refractivity contribution in [2.24, 2.45) is 0 Å². The van der Waals surface area contributed by atoms with E-state index in [1.807, 2.05) is 56.3 Å². The Kier molecular flexibility index (Phi) is 6.24. The van der Waals surface area contributed by atoms with Crippen LogP contribution in [-0.2, 0) is 9.59 Å². The molecule has 1 unspecified atom stereocenters. The van der Waals surface area contributed by atoms with E-state index in [-0.39, 0.29) is 24.4 Å². The summed E-state index contributed by atoms with van der Waals surface area (Å²) in [4.78, 5) is 28.5. The molecular formula is C21H21ClN2O2S. The quantitative estimate of drug-likeness (QED) is 0.738. The first-order valence-electron chi connectivity index (χ1n) is 8.83. The Morgan fingerprint density at radius 1 is 1.22 bits per heavy atom. The maximum Gasteiger partial charge on any atom is 0.265 e. The number of rotatable bonds is 5. The molecule has 1 atom stereocenters. The highest BCUT2D eigenvalue weighted by molar-refractivity contribution is 8.04. The van der Waals surface area contributed by atoms with Crippen LogP contribution in [0.2, 0.25) is 5.02 Å². The largest absolute Gasteiger partial charge is 0.352 e. The van der Waals surface area contributed by atoms with Crippen LogP contribution in [-0.4, -0.2) is 24.4 Å². The number of nitrogens with zero attached hydrogens (tertiary/aromatic N) is 1. The molecule has 0 bridgehead atoms. The summed E-state index contributed by atoms with van der Waals surface area (Å²) < 4.78 is 0. The summed E-state index contributed by atoms with van der Waals surface area (Å²) >= 11 is 7.36. The first-order valence-corrected chi connectivity index (χ1v) is 10.0. The molecule has 1 aliphatic rings. The molecule has 2 aromatic carbocycles. The lowest BCUT2D eigenvalue weighted by Gasteiger charge is -2.30. The normalized spacial score (nSPS) is 16.2. The van der Waals surface area contributed by atoms with Gasteiger partial charge in [0.25, 0.3) is 5.91 Å². The molecule has 0 saturated carbocycles. The highest BCUT2D eigenvalue weighted by Crippen LogP contribution is 2.41. The minimum absolute atomic E-state index is 0.00129. The van der Waals surface area contributed by atoms with Gasteiger partial charge in [-0.2, -0.15) is 0 Å². The van der Waals surface area contributed by atoms with Crippen molar-refractivity contribution in [2.45, 2.75) is 31.2 Å². The average molecular weight is 401 g/mol. The van der Waals surface area contributed by atoms with Gasteiger partial charge in [0.15, 0.2) is 0 Å². The lowest BCUT2D eigenvalue weighted by Crippen LogP contribution is -2.44. The van der Waals surface area contributed by atoms with Gasteiger partial charge in [0, 0.05) is 16.0 Å². The van der Waals surface area contributed by atoms with Gasteiger partial charge in [0.1, 0.15) is 6.54 Å². The second kappa shape index (κ2) is 8.63. The molecule has 1 heterocycles. The standard InChI is InChI=1S/C21H21ClN2O2S/c1-3-14(2)23-20(25)13-24-17-6-4-5-7-18(17)27-19(21(24)26)12-15-8-10-16(22)11-9-15/h4-12,14H,3,13H2,1-2H3,(H,23,25). The van der Waals surface area contributed by atoms with Crippen molar-refractivity contribution in [3.8, 4) is 0 Å². The van der Waals surface area contributed by atoms with Crippen molar-refractivity contribution in [3.63, 3.8) is 0 Å². The molecule has 6 heteroatoms. The summed E-state index contributed by atoms with van der Waals surface area (Å²) in [6.07, 6.45) is 2.67. The maximum atomic E-state index is 13.1. The van der Waals surface area contributed by atoms with Crippen LogP contribution in [0, 0.1) is 0 Å². The molecule has 0 saturated heterocycles. The molecule has 2 aromatic rings. The molecule has 140 valence electrons. The van der Waals surface area contributed by atoms with E-state index < -0.39 is 0 Å². The molecule has 4 nitrogen and oxygen atoms in total. The smallest absolute Gasteiger partial charge is 0.265 e. The van der Waals surface area contributed by atoms with Gasteiger partial charge in [-0.25, -0.2) is 0 Å². The van der Waals surface area contributed by atoms with Crippen molar-refractivity contribution >= 4 is 46.9 Å². The molecule has 0 aliphatic carbocycles. The van der Waals surface area contributed by atoms with Crippen LogP contribution in [0.1, 0.15) is 25.8 Å². The number of para-hydroxylation sites is 1. The van der Waals surface area contributed by atoms with E-state index in [2.05, 4.69) is 5.32 Å². The van der Waals surface area contributed by atoms with Crippen LogP contribution < -0.4 is 10.2 Å². The number of fused-ring (bicyclic) bond motifs is 1. The summed E-state index contributed by atoms with van der Waals surface area (Å²) in [6.45, 7) is 3.96. The van der Waals surface area contributed by atoms with Gasteiger partial charge < -0.3 is 5.32 Å². The molecule has 0 fully saturated rings. The number of amides is 2. The zero-order valence-electron chi connectivity index (χ0n) is 15.2. The fourth-order valence-corrected chi connectivity index (χ4v) is 3.88. The molecule has 0 radical (unpaired) electrons. The molecule has 0 aromatic heterocycles. The van der Waals surface area contributed by atoms with E-state index in [0.29, 0.717) is 9.93 Å². The minimum Gasteiger partial charge on any atom is -0.352 e. The molecule has 3 rings (SSSR count). The number of thioether (sulfide) groups is 1. The van der Waals surface area contributed by atoms with E-state index in [0.717, 1.165) is 22.6 Å². The average Bonchev–Trinajstić information content (AvgIpc) is 2.66. The number of carbonyl (C=O) groups is 2. The summed E-state index contributed by atoms with van der Waals surface area (Å²) in [6, 6.07) is 15.0.